The SMILES string of the molecule is CCCC[C@@H](C(=O)NCNC(=O)c1ccc(-c2ccc(C(O)N[C@@H](CC(=O)OC)C(=O)OC)cc2)o1)[C@@H](CCC)N(C=O)OCc1ccccc1. The van der Waals surface area contributed by atoms with Gasteiger partial charge in [-0.05, 0) is 36.1 Å². The van der Waals surface area contributed by atoms with Gasteiger partial charge in [-0.15, -0.1) is 0 Å². The number of hydrogen-bond donors (Lipinski definition) is 4. The van der Waals surface area contributed by atoms with Crippen LogP contribution < -0.4 is 16.0 Å². The van der Waals surface area contributed by atoms with Crippen LogP contribution in [0.15, 0.2) is 71.1 Å². The fourth-order valence-corrected chi connectivity index (χ4v) is 5.42. The van der Waals surface area contributed by atoms with Crippen LogP contribution in [0.4, 0.5) is 0 Å². The molecule has 1 unspecified atom stereocenters. The van der Waals surface area contributed by atoms with Gasteiger partial charge in [0.1, 0.15) is 24.6 Å². The highest BCUT2D eigenvalue weighted by molar-refractivity contribution is 5.92. The van der Waals surface area contributed by atoms with E-state index in [0.717, 1.165) is 24.8 Å². The molecule has 0 saturated carbocycles. The lowest BCUT2D eigenvalue weighted by molar-refractivity contribution is -0.201. The van der Waals surface area contributed by atoms with Crippen molar-refractivity contribution in [1.29, 1.82) is 0 Å². The zero-order valence-electron chi connectivity index (χ0n) is 29.5. The molecule has 14 heteroatoms. The fraction of sp³-hybridized carbons (Fsp3) is 0.432. The number of rotatable bonds is 22. The largest absolute Gasteiger partial charge is 0.469 e. The maximum atomic E-state index is 13.5. The second kappa shape index (κ2) is 21.2. The second-order valence-corrected chi connectivity index (χ2v) is 11.8. The molecule has 4 atom stereocenters. The summed E-state index contributed by atoms with van der Waals surface area (Å²) >= 11 is 0. The number of esters is 2. The van der Waals surface area contributed by atoms with E-state index < -0.39 is 42.1 Å². The first-order valence-corrected chi connectivity index (χ1v) is 16.9. The number of nitrogens with zero attached hydrogens (tertiary/aromatic N) is 1. The van der Waals surface area contributed by atoms with E-state index in [2.05, 4.69) is 20.7 Å². The Hall–Kier alpha value is -5.05. The number of carbonyl (C=O) groups excluding carboxylic acids is 5. The van der Waals surface area contributed by atoms with E-state index in [1.165, 1.54) is 25.3 Å². The van der Waals surface area contributed by atoms with E-state index in [1.54, 1.807) is 30.3 Å². The third-order valence-electron chi connectivity index (χ3n) is 8.20. The molecule has 276 valence electrons. The average Bonchev–Trinajstić information content (AvgIpc) is 3.65. The van der Waals surface area contributed by atoms with Gasteiger partial charge in [0, 0.05) is 5.56 Å². The monoisotopic (exact) mass is 708 g/mol. The Morgan fingerprint density at radius 2 is 1.63 bits per heavy atom. The van der Waals surface area contributed by atoms with E-state index in [-0.39, 0.29) is 31.4 Å². The summed E-state index contributed by atoms with van der Waals surface area (Å²) in [6.45, 7) is 4.02. The third-order valence-corrected chi connectivity index (χ3v) is 8.20. The standard InChI is InChI=1S/C37H48N4O10/c1-5-7-14-28(30(11-6-2)41(24-42)50-22-25-12-9-8-10-13-25)35(45)38-23-39-36(46)32-20-19-31(51-32)26-15-17-27(18-16-26)34(44)40-29(37(47)49-4)21-33(43)48-3/h8-10,12-13,15-20,24,28-30,34,40,44H,5-7,11,14,21-23H2,1-4H3,(H,38,45)(H,39,46)/t28-,29+,30-,34?/m1/s1. The molecule has 51 heavy (non-hydrogen) atoms. The zero-order chi connectivity index (χ0) is 37.2. The van der Waals surface area contributed by atoms with Crippen molar-refractivity contribution in [1.82, 2.24) is 21.0 Å². The van der Waals surface area contributed by atoms with Gasteiger partial charge in [0.2, 0.25) is 12.3 Å². The van der Waals surface area contributed by atoms with E-state index in [0.29, 0.717) is 36.1 Å². The Bertz CT molecular complexity index is 1550. The summed E-state index contributed by atoms with van der Waals surface area (Å²) in [5, 5.41) is 19.9. The predicted molar refractivity (Wildman–Crippen MR) is 186 cm³/mol. The number of hydroxylamine groups is 2. The normalized spacial score (nSPS) is 13.3. The van der Waals surface area contributed by atoms with Gasteiger partial charge >= 0.3 is 11.9 Å². The summed E-state index contributed by atoms with van der Waals surface area (Å²) in [7, 11) is 2.36. The van der Waals surface area contributed by atoms with Crippen LogP contribution in [0, 0.1) is 5.92 Å². The number of methoxy groups -OCH3 is 2. The van der Waals surface area contributed by atoms with Gasteiger partial charge in [-0.1, -0.05) is 87.7 Å². The van der Waals surface area contributed by atoms with E-state index in [4.69, 9.17) is 14.0 Å². The van der Waals surface area contributed by atoms with Gasteiger partial charge in [-0.3, -0.25) is 34.1 Å². The summed E-state index contributed by atoms with van der Waals surface area (Å²) in [6, 6.07) is 17.4. The van der Waals surface area contributed by atoms with Crippen molar-refractivity contribution in [2.24, 2.45) is 5.92 Å². The van der Waals surface area contributed by atoms with Crippen molar-refractivity contribution in [3.63, 3.8) is 0 Å². The number of nitrogens with one attached hydrogen (secondary N) is 3. The molecule has 0 aliphatic rings. The van der Waals surface area contributed by atoms with Crippen molar-refractivity contribution in [2.75, 3.05) is 20.9 Å². The second-order valence-electron chi connectivity index (χ2n) is 11.8. The van der Waals surface area contributed by atoms with Crippen molar-refractivity contribution < 1.29 is 47.8 Å². The average molecular weight is 709 g/mol. The van der Waals surface area contributed by atoms with Crippen LogP contribution in [0.3, 0.4) is 0 Å². The first kappa shape index (κ1) is 40.4. The van der Waals surface area contributed by atoms with Crippen molar-refractivity contribution in [2.45, 2.75) is 77.3 Å². The maximum Gasteiger partial charge on any atom is 0.323 e. The van der Waals surface area contributed by atoms with Gasteiger partial charge in [0.05, 0.1) is 39.3 Å². The van der Waals surface area contributed by atoms with Gasteiger partial charge in [-0.2, -0.15) is 0 Å². The molecular formula is C37H48N4O10. The quantitative estimate of drug-likeness (QED) is 0.0512. The first-order chi connectivity index (χ1) is 24.6. The van der Waals surface area contributed by atoms with Crippen LogP contribution in [0.1, 0.15) is 80.3 Å². The van der Waals surface area contributed by atoms with E-state index in [9.17, 15) is 29.1 Å². The molecule has 0 fully saturated rings. The molecule has 0 bridgehead atoms. The Balaban J connectivity index is 1.60. The predicted octanol–water partition coefficient (Wildman–Crippen LogP) is 4.00. The molecule has 0 spiro atoms. The highest BCUT2D eigenvalue weighted by Crippen LogP contribution is 2.25. The number of furan rings is 1. The van der Waals surface area contributed by atoms with Crippen LogP contribution in [0.2, 0.25) is 0 Å². The van der Waals surface area contributed by atoms with Crippen molar-refractivity contribution in [3.8, 4) is 11.3 Å². The van der Waals surface area contributed by atoms with Crippen LogP contribution >= 0.6 is 0 Å². The summed E-state index contributed by atoms with van der Waals surface area (Å²) in [4.78, 5) is 68.1. The molecule has 0 saturated heterocycles. The molecule has 3 rings (SSSR count). The minimum absolute atomic E-state index is 0.0154. The topological polar surface area (TPSA) is 186 Å². The molecule has 0 radical (unpaired) electrons. The summed E-state index contributed by atoms with van der Waals surface area (Å²) < 4.78 is 15.1. The van der Waals surface area contributed by atoms with Crippen LogP contribution in [0.25, 0.3) is 11.3 Å². The van der Waals surface area contributed by atoms with Crippen LogP contribution in [-0.4, -0.2) is 73.3 Å². The maximum absolute atomic E-state index is 13.5. The lowest BCUT2D eigenvalue weighted by atomic mass is 9.90. The van der Waals surface area contributed by atoms with E-state index in [1.807, 2.05) is 44.2 Å². The molecule has 1 aromatic heterocycles. The number of unbranched alkanes of at least 4 members (excludes halogenated alkanes) is 1. The number of amides is 3. The molecule has 1 heterocycles. The molecule has 14 nitrogen and oxygen atoms in total. The number of benzene rings is 2. The Morgan fingerprint density at radius 1 is 0.902 bits per heavy atom. The van der Waals surface area contributed by atoms with Crippen LogP contribution in [-0.2, 0) is 40.1 Å². The lowest BCUT2D eigenvalue weighted by Crippen LogP contribution is -2.48. The highest BCUT2D eigenvalue weighted by Gasteiger charge is 2.33. The highest BCUT2D eigenvalue weighted by atomic mass is 16.7. The lowest BCUT2D eigenvalue weighted by Gasteiger charge is -2.33. The molecule has 3 aromatic rings. The fourth-order valence-electron chi connectivity index (χ4n) is 5.42. The minimum atomic E-state index is -1.30. The number of aliphatic hydroxyl groups is 1. The Morgan fingerprint density at radius 3 is 2.25 bits per heavy atom. The summed E-state index contributed by atoms with van der Waals surface area (Å²) in [5.41, 5.74) is 1.90. The van der Waals surface area contributed by atoms with Crippen molar-refractivity contribution >= 4 is 30.2 Å². The zero-order valence-corrected chi connectivity index (χ0v) is 29.5. The number of aliphatic hydroxyl groups excluding tert-OH is 1. The molecule has 4 N–H and O–H groups in total. The number of hydrogen-bond acceptors (Lipinski definition) is 11. The molecule has 2 aromatic carbocycles. The number of ether oxygens (including phenoxy) is 2. The van der Waals surface area contributed by atoms with Crippen LogP contribution in [0.5, 0.6) is 0 Å². The minimum Gasteiger partial charge on any atom is -0.469 e. The Labute approximate surface area is 297 Å². The molecule has 0 aliphatic heterocycles. The van der Waals surface area contributed by atoms with Gasteiger partial charge in [-0.25, -0.2) is 5.06 Å². The van der Waals surface area contributed by atoms with Gasteiger partial charge in [0.25, 0.3) is 5.91 Å². The third kappa shape index (κ3) is 12.3. The molecule has 3 amide bonds. The summed E-state index contributed by atoms with van der Waals surface area (Å²) in [5.74, 6) is -2.41. The van der Waals surface area contributed by atoms with Gasteiger partial charge in [0.15, 0.2) is 5.76 Å². The van der Waals surface area contributed by atoms with Gasteiger partial charge < -0.3 is 29.6 Å². The molecular weight excluding hydrogens is 660 g/mol. The smallest absolute Gasteiger partial charge is 0.323 e. The number of carbonyl (C=O) groups is 5. The Kier molecular flexibility index (Phi) is 16.8. The molecule has 0 aliphatic carbocycles. The van der Waals surface area contributed by atoms with Crippen molar-refractivity contribution in [3.05, 3.63) is 83.6 Å². The summed E-state index contributed by atoms with van der Waals surface area (Å²) in [6.07, 6.45) is 2.43. The first-order valence-electron chi connectivity index (χ1n) is 16.9. The van der Waals surface area contributed by atoms with E-state index >= 15 is 0 Å².